The van der Waals surface area contributed by atoms with E-state index < -0.39 is 15.4 Å². The van der Waals surface area contributed by atoms with Crippen molar-refractivity contribution in [2.45, 2.75) is 18.4 Å². The minimum atomic E-state index is -3.14. The molecule has 0 saturated carbocycles. The predicted octanol–water partition coefficient (Wildman–Crippen LogP) is 2.09. The topological polar surface area (TPSA) is 54.4 Å². The third kappa shape index (κ3) is 2.94. The standard InChI is InChI=1S/C11H12Cl2O3S/c12-9-2-1-3-10(13)8(9)6-11(14)4-5-17(15,16)7-11/h1-3,14H,4-7H2. The van der Waals surface area contributed by atoms with Gasteiger partial charge in [0, 0.05) is 16.5 Å². The highest BCUT2D eigenvalue weighted by molar-refractivity contribution is 7.91. The lowest BCUT2D eigenvalue weighted by molar-refractivity contribution is 0.0682. The Kier molecular flexibility index (Phi) is 3.42. The van der Waals surface area contributed by atoms with Crippen LogP contribution in [0.4, 0.5) is 0 Å². The summed E-state index contributed by atoms with van der Waals surface area (Å²) in [6.07, 6.45) is 0.404. The zero-order chi connectivity index (χ0) is 12.7. The van der Waals surface area contributed by atoms with Crippen LogP contribution in [0.2, 0.25) is 10.0 Å². The molecule has 1 atom stereocenters. The first-order chi connectivity index (χ1) is 7.81. The fourth-order valence-electron chi connectivity index (χ4n) is 2.07. The van der Waals surface area contributed by atoms with Crippen molar-refractivity contribution in [3.63, 3.8) is 0 Å². The molecule has 1 aliphatic heterocycles. The van der Waals surface area contributed by atoms with Crippen molar-refractivity contribution >= 4 is 33.0 Å². The number of benzene rings is 1. The van der Waals surface area contributed by atoms with E-state index in [0.29, 0.717) is 15.6 Å². The van der Waals surface area contributed by atoms with Crippen molar-refractivity contribution in [1.82, 2.24) is 0 Å². The number of rotatable bonds is 2. The molecular weight excluding hydrogens is 283 g/mol. The van der Waals surface area contributed by atoms with Crippen LogP contribution < -0.4 is 0 Å². The minimum Gasteiger partial charge on any atom is -0.388 e. The monoisotopic (exact) mass is 294 g/mol. The average Bonchev–Trinajstić information content (AvgIpc) is 2.48. The van der Waals surface area contributed by atoms with E-state index in [9.17, 15) is 13.5 Å². The lowest BCUT2D eigenvalue weighted by Crippen LogP contribution is -2.32. The summed E-state index contributed by atoms with van der Waals surface area (Å²) in [6.45, 7) is 0. The molecule has 1 heterocycles. The van der Waals surface area contributed by atoms with Gasteiger partial charge in [0.25, 0.3) is 0 Å². The fourth-order valence-corrected chi connectivity index (χ4v) is 4.50. The quantitative estimate of drug-likeness (QED) is 0.909. The number of hydrogen-bond donors (Lipinski definition) is 1. The predicted molar refractivity (Wildman–Crippen MR) is 68.4 cm³/mol. The van der Waals surface area contributed by atoms with Crippen molar-refractivity contribution in [2.24, 2.45) is 0 Å². The molecule has 1 fully saturated rings. The van der Waals surface area contributed by atoms with Gasteiger partial charge < -0.3 is 5.11 Å². The van der Waals surface area contributed by atoms with E-state index in [-0.39, 0.29) is 24.3 Å². The average molecular weight is 295 g/mol. The zero-order valence-corrected chi connectivity index (χ0v) is 11.3. The maximum Gasteiger partial charge on any atom is 0.153 e. The number of hydrogen-bond acceptors (Lipinski definition) is 3. The smallest absolute Gasteiger partial charge is 0.153 e. The van der Waals surface area contributed by atoms with Gasteiger partial charge in [0.05, 0.1) is 17.1 Å². The molecular formula is C11H12Cl2O3S. The Morgan fingerprint density at radius 2 is 1.88 bits per heavy atom. The molecule has 94 valence electrons. The summed E-state index contributed by atoms with van der Waals surface area (Å²) in [4.78, 5) is 0. The first-order valence-corrected chi connectivity index (χ1v) is 7.75. The molecule has 17 heavy (non-hydrogen) atoms. The van der Waals surface area contributed by atoms with Crippen LogP contribution in [0.15, 0.2) is 18.2 Å². The highest BCUT2D eigenvalue weighted by atomic mass is 35.5. The molecule has 1 saturated heterocycles. The third-order valence-corrected chi connectivity index (χ3v) is 5.45. The number of halogens is 2. The van der Waals surface area contributed by atoms with Crippen LogP contribution in [0.3, 0.4) is 0 Å². The maximum absolute atomic E-state index is 11.4. The summed E-state index contributed by atoms with van der Waals surface area (Å²) in [7, 11) is -3.14. The molecule has 1 aliphatic rings. The van der Waals surface area contributed by atoms with Gasteiger partial charge in [-0.2, -0.15) is 0 Å². The van der Waals surface area contributed by atoms with Gasteiger partial charge >= 0.3 is 0 Å². The van der Waals surface area contributed by atoms with Gasteiger partial charge in [-0.05, 0) is 24.1 Å². The van der Waals surface area contributed by atoms with Gasteiger partial charge in [-0.1, -0.05) is 29.3 Å². The molecule has 0 bridgehead atoms. The Labute approximate surface area is 110 Å². The van der Waals surface area contributed by atoms with Gasteiger partial charge in [-0.3, -0.25) is 0 Å². The zero-order valence-electron chi connectivity index (χ0n) is 8.99. The molecule has 6 heteroatoms. The molecule has 1 N–H and O–H groups in total. The van der Waals surface area contributed by atoms with Gasteiger partial charge in [0.1, 0.15) is 0 Å². The van der Waals surface area contributed by atoms with E-state index in [2.05, 4.69) is 0 Å². The van der Waals surface area contributed by atoms with Gasteiger partial charge in [-0.25, -0.2) is 8.42 Å². The maximum atomic E-state index is 11.4. The van der Waals surface area contributed by atoms with Gasteiger partial charge in [0.15, 0.2) is 9.84 Å². The largest absolute Gasteiger partial charge is 0.388 e. The van der Waals surface area contributed by atoms with Crippen LogP contribution in [-0.4, -0.2) is 30.6 Å². The molecule has 0 amide bonds. The summed E-state index contributed by atoms with van der Waals surface area (Å²) in [6, 6.07) is 5.06. The lowest BCUT2D eigenvalue weighted by Gasteiger charge is -2.21. The van der Waals surface area contributed by atoms with E-state index in [0.717, 1.165) is 0 Å². The number of aliphatic hydroxyl groups is 1. The molecule has 0 spiro atoms. The Balaban J connectivity index is 2.28. The number of sulfone groups is 1. The van der Waals surface area contributed by atoms with Gasteiger partial charge in [0.2, 0.25) is 0 Å². The van der Waals surface area contributed by atoms with Crippen molar-refractivity contribution in [3.05, 3.63) is 33.8 Å². The molecule has 1 aromatic carbocycles. The Morgan fingerprint density at radius 1 is 1.29 bits per heavy atom. The van der Waals surface area contributed by atoms with Crippen molar-refractivity contribution in [1.29, 1.82) is 0 Å². The van der Waals surface area contributed by atoms with Gasteiger partial charge in [-0.15, -0.1) is 0 Å². The molecule has 3 nitrogen and oxygen atoms in total. The summed E-state index contributed by atoms with van der Waals surface area (Å²) < 4.78 is 22.8. The first-order valence-electron chi connectivity index (χ1n) is 5.17. The summed E-state index contributed by atoms with van der Waals surface area (Å²) in [5.74, 6) is -0.201. The van der Waals surface area contributed by atoms with E-state index in [1.54, 1.807) is 18.2 Å². The van der Waals surface area contributed by atoms with E-state index in [4.69, 9.17) is 23.2 Å². The van der Waals surface area contributed by atoms with Crippen LogP contribution in [0.1, 0.15) is 12.0 Å². The molecule has 0 aliphatic carbocycles. The Bertz CT molecular complexity index is 521. The van der Waals surface area contributed by atoms with Crippen molar-refractivity contribution in [2.75, 3.05) is 11.5 Å². The molecule has 1 unspecified atom stereocenters. The molecule has 2 rings (SSSR count). The minimum absolute atomic E-state index is 0.0194. The van der Waals surface area contributed by atoms with E-state index in [1.165, 1.54) is 0 Å². The Hall–Kier alpha value is -0.290. The summed E-state index contributed by atoms with van der Waals surface area (Å²) >= 11 is 12.0. The fraction of sp³-hybridized carbons (Fsp3) is 0.455. The summed E-state index contributed by atoms with van der Waals surface area (Å²) in [5.41, 5.74) is -0.636. The molecule has 0 radical (unpaired) electrons. The van der Waals surface area contributed by atoms with E-state index >= 15 is 0 Å². The van der Waals surface area contributed by atoms with E-state index in [1.807, 2.05) is 0 Å². The third-order valence-electron chi connectivity index (χ3n) is 2.93. The highest BCUT2D eigenvalue weighted by Crippen LogP contribution is 2.33. The first kappa shape index (κ1) is 13.1. The van der Waals surface area contributed by atoms with Crippen LogP contribution in [-0.2, 0) is 16.3 Å². The summed E-state index contributed by atoms with van der Waals surface area (Å²) in [5, 5.41) is 11.1. The second kappa shape index (κ2) is 4.43. The van der Waals surface area contributed by atoms with Crippen LogP contribution in [0.5, 0.6) is 0 Å². The lowest BCUT2D eigenvalue weighted by atomic mass is 9.94. The normalized spacial score (nSPS) is 27.2. The second-order valence-electron chi connectivity index (χ2n) is 4.44. The Morgan fingerprint density at radius 3 is 2.35 bits per heavy atom. The van der Waals surface area contributed by atoms with Crippen molar-refractivity contribution in [3.8, 4) is 0 Å². The molecule has 0 aromatic heterocycles. The van der Waals surface area contributed by atoms with Crippen molar-refractivity contribution < 1.29 is 13.5 Å². The molecule has 1 aromatic rings. The van der Waals surface area contributed by atoms with Crippen LogP contribution in [0, 0.1) is 0 Å². The highest BCUT2D eigenvalue weighted by Gasteiger charge is 2.41. The second-order valence-corrected chi connectivity index (χ2v) is 7.44. The SMILES string of the molecule is O=S1(=O)CCC(O)(Cc2c(Cl)cccc2Cl)C1. The van der Waals surface area contributed by atoms with Crippen LogP contribution >= 0.6 is 23.2 Å². The van der Waals surface area contributed by atoms with Crippen LogP contribution in [0.25, 0.3) is 0 Å².